The Hall–Kier alpha value is -3.28. The molecule has 0 aliphatic heterocycles. The van der Waals surface area contributed by atoms with Crippen LogP contribution >= 0.6 is 11.6 Å². The molecule has 0 radical (unpaired) electrons. The summed E-state index contributed by atoms with van der Waals surface area (Å²) in [7, 11) is 0.889. The first-order chi connectivity index (χ1) is 17.8. The molecular formula is C28H39ClN4O4. The van der Waals surface area contributed by atoms with Crippen LogP contribution in [-0.4, -0.2) is 41.7 Å². The molecule has 37 heavy (non-hydrogen) atoms. The highest BCUT2D eigenvalue weighted by Gasteiger charge is 2.26. The maximum atomic E-state index is 9.56. The van der Waals surface area contributed by atoms with Gasteiger partial charge in [-0.3, -0.25) is 10.1 Å². The average molecular weight is 531 g/mol. The lowest BCUT2D eigenvalue weighted by molar-refractivity contribution is -0.445. The fraction of sp³-hybridized carbons (Fsp3) is 0.464. The van der Waals surface area contributed by atoms with Gasteiger partial charge in [0.2, 0.25) is 0 Å². The smallest absolute Gasteiger partial charge is 0.194 e. The maximum absolute atomic E-state index is 9.56. The lowest BCUT2D eigenvalue weighted by Gasteiger charge is -2.32. The normalized spacial score (nSPS) is 15.3. The minimum Gasteiger partial charge on any atom is -0.493 e. The molecule has 1 heterocycles. The monoisotopic (exact) mass is 530 g/mol. The third-order valence-electron chi connectivity index (χ3n) is 5.40. The number of aryl methyl sites for hydroxylation is 1. The van der Waals surface area contributed by atoms with Crippen molar-refractivity contribution in [1.82, 2.24) is 4.57 Å². The molecule has 3 aromatic rings. The zero-order chi connectivity index (χ0) is 28.0. The van der Waals surface area contributed by atoms with E-state index in [1.807, 2.05) is 59.0 Å². The van der Waals surface area contributed by atoms with Crippen LogP contribution in [0.4, 0.5) is 0 Å². The highest BCUT2D eigenvalue weighted by molar-refractivity contribution is 6.18. The number of hydrogen-bond acceptors (Lipinski definition) is 6. The van der Waals surface area contributed by atoms with Gasteiger partial charge in [0.25, 0.3) is 0 Å². The summed E-state index contributed by atoms with van der Waals surface area (Å²) >= 11 is 5.72. The molecule has 8 nitrogen and oxygen atoms in total. The van der Waals surface area contributed by atoms with Crippen molar-refractivity contribution >= 4 is 22.5 Å². The Kier molecular flexibility index (Phi) is 14.1. The summed E-state index contributed by atoms with van der Waals surface area (Å²) in [5.41, 5.74) is 9.23. The minimum absolute atomic E-state index is 0.341. The van der Waals surface area contributed by atoms with Crippen molar-refractivity contribution in [3.8, 4) is 23.3 Å². The van der Waals surface area contributed by atoms with Gasteiger partial charge in [0.15, 0.2) is 7.05 Å². The second-order valence-corrected chi connectivity index (χ2v) is 8.42. The lowest BCUT2D eigenvalue weighted by Crippen LogP contribution is -2.39. The number of alkyl halides is 1. The largest absolute Gasteiger partial charge is 0.493 e. The quantitative estimate of drug-likeness (QED) is 0.212. The molecule has 1 aliphatic carbocycles. The van der Waals surface area contributed by atoms with Crippen LogP contribution in [0.5, 0.6) is 11.5 Å². The number of benzene rings is 2. The molecule has 0 saturated heterocycles. The molecule has 4 rings (SSSR count). The van der Waals surface area contributed by atoms with Gasteiger partial charge in [-0.05, 0) is 67.6 Å². The first-order valence-corrected chi connectivity index (χ1v) is 13.2. The number of nitriles is 1. The Labute approximate surface area is 225 Å². The summed E-state index contributed by atoms with van der Waals surface area (Å²) in [6, 6.07) is 14.6. The van der Waals surface area contributed by atoms with E-state index in [4.69, 9.17) is 36.9 Å². The SMILES string of the molecule is CC.CC.C[N+](=O)[O-].Cc1cc(-n2ccc3cc(OCC4CC(N)C4)ccc32)cc(C#N)c1OCCCl. The summed E-state index contributed by atoms with van der Waals surface area (Å²) in [6.45, 7) is 11.0. The number of nitrogens with two attached hydrogens (primary N) is 1. The molecule has 0 atom stereocenters. The van der Waals surface area contributed by atoms with Crippen LogP contribution < -0.4 is 15.2 Å². The van der Waals surface area contributed by atoms with Crippen LogP contribution in [0, 0.1) is 34.3 Å². The van der Waals surface area contributed by atoms with Crippen LogP contribution in [0.1, 0.15) is 51.7 Å². The summed E-state index contributed by atoms with van der Waals surface area (Å²) < 4.78 is 13.7. The van der Waals surface area contributed by atoms with E-state index in [1.165, 1.54) is 0 Å². The predicted octanol–water partition coefficient (Wildman–Crippen LogP) is 6.49. The van der Waals surface area contributed by atoms with Crippen LogP contribution in [0.2, 0.25) is 0 Å². The van der Waals surface area contributed by atoms with E-state index >= 15 is 0 Å². The second-order valence-electron chi connectivity index (χ2n) is 8.04. The zero-order valence-electron chi connectivity index (χ0n) is 22.7. The fourth-order valence-corrected chi connectivity index (χ4v) is 3.96. The Bertz CT molecular complexity index is 1160. The van der Waals surface area contributed by atoms with Gasteiger partial charge in [0.1, 0.15) is 24.2 Å². The van der Waals surface area contributed by atoms with Crippen LogP contribution in [0.3, 0.4) is 0 Å². The van der Waals surface area contributed by atoms with Gasteiger partial charge in [0.05, 0.1) is 23.6 Å². The number of nitro groups is 1. The summed E-state index contributed by atoms with van der Waals surface area (Å²) in [5.74, 6) is 2.41. The number of aromatic nitrogens is 1. The Balaban J connectivity index is 0.000000767. The van der Waals surface area contributed by atoms with Crippen molar-refractivity contribution in [1.29, 1.82) is 5.26 Å². The molecule has 2 aromatic carbocycles. The molecule has 9 heteroatoms. The van der Waals surface area contributed by atoms with Gasteiger partial charge in [-0.2, -0.15) is 5.26 Å². The van der Waals surface area contributed by atoms with Crippen molar-refractivity contribution < 1.29 is 14.4 Å². The molecular weight excluding hydrogens is 492 g/mol. The van der Waals surface area contributed by atoms with E-state index in [0.29, 0.717) is 42.4 Å². The molecule has 1 fully saturated rings. The van der Waals surface area contributed by atoms with Gasteiger partial charge < -0.3 is 19.8 Å². The van der Waals surface area contributed by atoms with Crippen LogP contribution in [-0.2, 0) is 0 Å². The van der Waals surface area contributed by atoms with Gasteiger partial charge >= 0.3 is 0 Å². The molecule has 1 saturated carbocycles. The van der Waals surface area contributed by atoms with E-state index in [1.54, 1.807) is 0 Å². The minimum atomic E-state index is -0.500. The van der Waals surface area contributed by atoms with Gasteiger partial charge in [-0.1, -0.05) is 27.7 Å². The first kappa shape index (κ1) is 31.7. The summed E-state index contributed by atoms with van der Waals surface area (Å²) in [4.78, 5) is 8.31. The highest BCUT2D eigenvalue weighted by Crippen LogP contribution is 2.31. The molecule has 1 aliphatic rings. The molecule has 1 aromatic heterocycles. The number of nitrogens with zero attached hydrogens (tertiary/aromatic N) is 3. The third kappa shape index (κ3) is 9.27. The summed E-state index contributed by atoms with van der Waals surface area (Å²) in [6.07, 6.45) is 4.10. The van der Waals surface area contributed by atoms with Crippen molar-refractivity contribution in [2.24, 2.45) is 11.7 Å². The van der Waals surface area contributed by atoms with Crippen molar-refractivity contribution in [3.05, 3.63) is 63.8 Å². The predicted molar refractivity (Wildman–Crippen MR) is 151 cm³/mol. The number of hydrogen-bond donors (Lipinski definition) is 1. The summed E-state index contributed by atoms with van der Waals surface area (Å²) in [5, 5.41) is 19.5. The van der Waals surface area contributed by atoms with E-state index in [2.05, 4.69) is 28.8 Å². The topological polar surface area (TPSA) is 116 Å². The number of rotatable bonds is 7. The molecule has 202 valence electrons. The molecule has 0 unspecified atom stereocenters. The number of fused-ring (bicyclic) bond motifs is 1. The van der Waals surface area contributed by atoms with E-state index in [0.717, 1.165) is 47.8 Å². The van der Waals surface area contributed by atoms with E-state index in [9.17, 15) is 5.26 Å². The highest BCUT2D eigenvalue weighted by atomic mass is 35.5. The zero-order valence-corrected chi connectivity index (χ0v) is 23.4. The first-order valence-electron chi connectivity index (χ1n) is 12.6. The van der Waals surface area contributed by atoms with Gasteiger partial charge in [-0.25, -0.2) is 0 Å². The average Bonchev–Trinajstić information content (AvgIpc) is 3.30. The van der Waals surface area contributed by atoms with Gasteiger partial charge in [0, 0.05) is 28.2 Å². The van der Waals surface area contributed by atoms with Crippen molar-refractivity contribution in [2.75, 3.05) is 26.1 Å². The number of ether oxygens (including phenoxy) is 2. The number of halogens is 1. The second kappa shape index (κ2) is 16.5. The van der Waals surface area contributed by atoms with Crippen LogP contribution in [0.25, 0.3) is 16.6 Å². The van der Waals surface area contributed by atoms with E-state index < -0.39 is 4.92 Å². The molecule has 2 N–H and O–H groups in total. The lowest BCUT2D eigenvalue weighted by atomic mass is 9.82. The van der Waals surface area contributed by atoms with Crippen molar-refractivity contribution in [3.63, 3.8) is 0 Å². The van der Waals surface area contributed by atoms with E-state index in [-0.39, 0.29) is 0 Å². The third-order valence-corrected chi connectivity index (χ3v) is 5.56. The van der Waals surface area contributed by atoms with Crippen molar-refractivity contribution in [2.45, 2.75) is 53.5 Å². The fourth-order valence-electron chi connectivity index (χ4n) is 3.88. The Morgan fingerprint density at radius 2 is 1.81 bits per heavy atom. The molecule has 0 amide bonds. The van der Waals surface area contributed by atoms with Crippen LogP contribution in [0.15, 0.2) is 42.6 Å². The molecule has 0 spiro atoms. The maximum Gasteiger partial charge on any atom is 0.194 e. The molecule has 0 bridgehead atoms. The standard InChI is InChI=1S/C23H24ClN3O2.2C2H6.CH3NO2/c1-15-8-20(11-18(13-25)23(15)28-7-5-24)27-6-4-17-12-21(2-3-22(17)27)29-14-16-9-19(26)10-16;2*1-2;1-2(3)4/h2-4,6,8,11-12,16,19H,5,7,9-10,14,26H2,1H3;2*1-2H3;1H3. The Morgan fingerprint density at radius 3 is 2.38 bits per heavy atom. The van der Waals surface area contributed by atoms with Gasteiger partial charge in [-0.15, -0.1) is 11.6 Å². The Morgan fingerprint density at radius 1 is 1.16 bits per heavy atom.